The van der Waals surface area contributed by atoms with Gasteiger partial charge in [-0.25, -0.2) is 0 Å². The maximum atomic E-state index is 9.68. The zero-order chi connectivity index (χ0) is 9.10. The lowest BCUT2D eigenvalue weighted by Gasteiger charge is -2.03. The molecule has 0 aliphatic heterocycles. The first-order valence-corrected chi connectivity index (χ1v) is 4.32. The highest BCUT2D eigenvalue weighted by atomic mass is 32.1. The third kappa shape index (κ3) is 1.68. The second-order valence-corrected chi connectivity index (χ2v) is 2.92. The van der Waals surface area contributed by atoms with Crippen molar-refractivity contribution in [1.29, 1.82) is 0 Å². The highest BCUT2D eigenvalue weighted by molar-refractivity contribution is 6.99. The standard InChI is InChI=1S/C7H6N4OS/c12-7(6-4-10-13-11-6)5-3-8-1-2-9-5/h1-4,7,12H. The Balaban J connectivity index is 2.29. The van der Waals surface area contributed by atoms with Gasteiger partial charge in [-0.05, 0) is 0 Å². The fraction of sp³-hybridized carbons (Fsp3) is 0.143. The fourth-order valence-electron chi connectivity index (χ4n) is 0.896. The van der Waals surface area contributed by atoms with Crippen molar-refractivity contribution in [3.05, 3.63) is 36.2 Å². The van der Waals surface area contributed by atoms with E-state index in [4.69, 9.17) is 0 Å². The zero-order valence-electron chi connectivity index (χ0n) is 6.53. The summed E-state index contributed by atoms with van der Waals surface area (Å²) in [6.07, 6.45) is 5.27. The van der Waals surface area contributed by atoms with Crippen molar-refractivity contribution in [2.24, 2.45) is 0 Å². The van der Waals surface area contributed by atoms with Crippen LogP contribution >= 0.6 is 11.7 Å². The minimum absolute atomic E-state index is 0.482. The number of aliphatic hydroxyl groups excluding tert-OH is 1. The summed E-state index contributed by atoms with van der Waals surface area (Å²) in [6, 6.07) is 0. The van der Waals surface area contributed by atoms with E-state index < -0.39 is 6.10 Å². The average Bonchev–Trinajstić information content (AvgIpc) is 2.71. The van der Waals surface area contributed by atoms with Crippen LogP contribution in [-0.4, -0.2) is 23.8 Å². The van der Waals surface area contributed by atoms with Gasteiger partial charge in [0.25, 0.3) is 0 Å². The summed E-state index contributed by atoms with van der Waals surface area (Å²) in [7, 11) is 0. The third-order valence-corrected chi connectivity index (χ3v) is 2.01. The van der Waals surface area contributed by atoms with Gasteiger partial charge in [0.1, 0.15) is 11.8 Å². The zero-order valence-corrected chi connectivity index (χ0v) is 7.35. The van der Waals surface area contributed by atoms with E-state index in [0.29, 0.717) is 11.4 Å². The quantitative estimate of drug-likeness (QED) is 0.749. The summed E-state index contributed by atoms with van der Waals surface area (Å²) in [4.78, 5) is 7.81. The van der Waals surface area contributed by atoms with Crippen molar-refractivity contribution in [2.45, 2.75) is 6.10 Å². The summed E-state index contributed by atoms with van der Waals surface area (Å²) in [5, 5.41) is 9.68. The Morgan fingerprint density at radius 2 is 2.15 bits per heavy atom. The number of nitrogens with zero attached hydrogens (tertiary/aromatic N) is 4. The first kappa shape index (κ1) is 8.21. The summed E-state index contributed by atoms with van der Waals surface area (Å²) in [6.45, 7) is 0. The molecule has 2 heterocycles. The molecule has 2 rings (SSSR count). The maximum absolute atomic E-state index is 9.68. The van der Waals surface area contributed by atoms with E-state index in [9.17, 15) is 5.11 Å². The average molecular weight is 194 g/mol. The van der Waals surface area contributed by atoms with Gasteiger partial charge in [-0.15, -0.1) is 0 Å². The van der Waals surface area contributed by atoms with Crippen LogP contribution in [0, 0.1) is 0 Å². The Hall–Kier alpha value is -1.40. The predicted molar refractivity (Wildman–Crippen MR) is 46.0 cm³/mol. The lowest BCUT2D eigenvalue weighted by atomic mass is 10.2. The Morgan fingerprint density at radius 1 is 1.23 bits per heavy atom. The molecule has 5 nitrogen and oxygen atoms in total. The van der Waals surface area contributed by atoms with Crippen LogP contribution in [0.15, 0.2) is 24.8 Å². The summed E-state index contributed by atoms with van der Waals surface area (Å²) in [5.41, 5.74) is 0.987. The van der Waals surface area contributed by atoms with Crippen LogP contribution in [-0.2, 0) is 0 Å². The highest BCUT2D eigenvalue weighted by Crippen LogP contribution is 2.16. The second-order valence-electron chi connectivity index (χ2n) is 2.37. The van der Waals surface area contributed by atoms with Crippen LogP contribution in [0.25, 0.3) is 0 Å². The molecule has 0 aliphatic carbocycles. The lowest BCUT2D eigenvalue weighted by molar-refractivity contribution is 0.211. The van der Waals surface area contributed by atoms with E-state index in [1.807, 2.05) is 0 Å². The Bertz CT molecular complexity index is 363. The van der Waals surface area contributed by atoms with Gasteiger partial charge >= 0.3 is 0 Å². The van der Waals surface area contributed by atoms with E-state index in [-0.39, 0.29) is 0 Å². The Morgan fingerprint density at radius 3 is 2.77 bits per heavy atom. The molecule has 6 heteroatoms. The Kier molecular flexibility index (Phi) is 2.24. The van der Waals surface area contributed by atoms with Crippen molar-refractivity contribution in [1.82, 2.24) is 18.7 Å². The molecule has 0 saturated carbocycles. The van der Waals surface area contributed by atoms with Crippen LogP contribution < -0.4 is 0 Å². The predicted octanol–water partition coefficient (Wildman–Crippen LogP) is 0.410. The van der Waals surface area contributed by atoms with Crippen LogP contribution in [0.4, 0.5) is 0 Å². The molecule has 0 amide bonds. The molecule has 0 aromatic carbocycles. The highest BCUT2D eigenvalue weighted by Gasteiger charge is 2.13. The van der Waals surface area contributed by atoms with Gasteiger partial charge in [0.15, 0.2) is 0 Å². The number of aliphatic hydroxyl groups is 1. The largest absolute Gasteiger partial charge is 0.380 e. The normalized spacial score (nSPS) is 12.7. The van der Waals surface area contributed by atoms with Gasteiger partial charge < -0.3 is 5.11 Å². The van der Waals surface area contributed by atoms with Gasteiger partial charge in [-0.2, -0.15) is 8.75 Å². The molecule has 0 bridgehead atoms. The van der Waals surface area contributed by atoms with Gasteiger partial charge in [0.2, 0.25) is 0 Å². The molecule has 66 valence electrons. The number of hydrogen-bond acceptors (Lipinski definition) is 6. The van der Waals surface area contributed by atoms with Crippen molar-refractivity contribution in [2.75, 3.05) is 0 Å². The molecular formula is C7H6N4OS. The molecule has 0 spiro atoms. The molecule has 0 saturated heterocycles. The molecular weight excluding hydrogens is 188 g/mol. The smallest absolute Gasteiger partial charge is 0.142 e. The minimum atomic E-state index is -0.826. The SMILES string of the molecule is OC(c1cnccn1)c1cnsn1. The summed E-state index contributed by atoms with van der Waals surface area (Å²) < 4.78 is 7.70. The van der Waals surface area contributed by atoms with Crippen molar-refractivity contribution >= 4 is 11.7 Å². The molecule has 0 radical (unpaired) electrons. The summed E-state index contributed by atoms with van der Waals surface area (Å²) >= 11 is 1.05. The second kappa shape index (κ2) is 3.55. The maximum Gasteiger partial charge on any atom is 0.142 e. The number of rotatable bonds is 2. The van der Waals surface area contributed by atoms with Gasteiger partial charge in [0, 0.05) is 12.4 Å². The Labute approximate surface area is 78.4 Å². The van der Waals surface area contributed by atoms with Crippen LogP contribution in [0.3, 0.4) is 0 Å². The van der Waals surface area contributed by atoms with Crippen LogP contribution in [0.1, 0.15) is 17.5 Å². The van der Waals surface area contributed by atoms with E-state index in [1.54, 1.807) is 6.20 Å². The molecule has 1 N–H and O–H groups in total. The molecule has 2 aromatic heterocycles. The van der Waals surface area contributed by atoms with Gasteiger partial charge in [0.05, 0.1) is 29.8 Å². The summed E-state index contributed by atoms with van der Waals surface area (Å²) in [5.74, 6) is 0. The van der Waals surface area contributed by atoms with Gasteiger partial charge in [-0.3, -0.25) is 9.97 Å². The monoisotopic (exact) mass is 194 g/mol. The molecule has 0 fully saturated rings. The minimum Gasteiger partial charge on any atom is -0.380 e. The first-order chi connectivity index (χ1) is 6.38. The number of aromatic nitrogens is 4. The topological polar surface area (TPSA) is 71.8 Å². The van der Waals surface area contributed by atoms with Gasteiger partial charge in [-0.1, -0.05) is 0 Å². The van der Waals surface area contributed by atoms with E-state index in [2.05, 4.69) is 18.7 Å². The number of hydrogen-bond donors (Lipinski definition) is 1. The van der Waals surface area contributed by atoms with E-state index in [0.717, 1.165) is 11.7 Å². The molecule has 1 unspecified atom stereocenters. The molecule has 13 heavy (non-hydrogen) atoms. The van der Waals surface area contributed by atoms with Crippen molar-refractivity contribution in [3.63, 3.8) is 0 Å². The van der Waals surface area contributed by atoms with Crippen molar-refractivity contribution in [3.8, 4) is 0 Å². The molecule has 1 atom stereocenters. The van der Waals surface area contributed by atoms with Crippen LogP contribution in [0.5, 0.6) is 0 Å². The lowest BCUT2D eigenvalue weighted by Crippen LogP contribution is -2.02. The van der Waals surface area contributed by atoms with Crippen LogP contribution in [0.2, 0.25) is 0 Å². The molecule has 2 aromatic rings. The molecule has 0 aliphatic rings. The fourth-order valence-corrected chi connectivity index (χ4v) is 1.34. The first-order valence-electron chi connectivity index (χ1n) is 3.59. The third-order valence-electron chi connectivity index (χ3n) is 1.52. The van der Waals surface area contributed by atoms with Crippen molar-refractivity contribution < 1.29 is 5.11 Å². The van der Waals surface area contributed by atoms with E-state index in [1.165, 1.54) is 18.6 Å². The van der Waals surface area contributed by atoms with E-state index >= 15 is 0 Å².